The minimum Gasteiger partial charge on any atom is -0.354 e. The van der Waals surface area contributed by atoms with Crippen molar-refractivity contribution in [2.75, 3.05) is 25.0 Å². The van der Waals surface area contributed by atoms with E-state index in [2.05, 4.69) is 20.4 Å². The number of anilines is 1. The molecule has 1 saturated heterocycles. The molecule has 1 aliphatic rings. The maximum absolute atomic E-state index is 11.6. The zero-order chi connectivity index (χ0) is 18.0. The van der Waals surface area contributed by atoms with Crippen LogP contribution in [0.15, 0.2) is 12.3 Å². The van der Waals surface area contributed by atoms with Crippen LogP contribution in [0.25, 0.3) is 11.3 Å². The third-order valence-electron chi connectivity index (χ3n) is 4.93. The number of carbonyl (C=O) groups is 1. The Bertz CT molecular complexity index is 769. The van der Waals surface area contributed by atoms with Gasteiger partial charge in [0, 0.05) is 51.1 Å². The molecule has 1 fully saturated rings. The topological polar surface area (TPSA) is 75.9 Å². The van der Waals surface area contributed by atoms with Gasteiger partial charge in [0.2, 0.25) is 11.9 Å². The third kappa shape index (κ3) is 3.81. The number of likely N-dealkylation sites (tertiary alicyclic amines) is 1. The van der Waals surface area contributed by atoms with Crippen molar-refractivity contribution in [2.45, 2.75) is 33.6 Å². The van der Waals surface area contributed by atoms with E-state index >= 15 is 0 Å². The van der Waals surface area contributed by atoms with E-state index in [4.69, 9.17) is 0 Å². The van der Waals surface area contributed by atoms with Gasteiger partial charge in [0.15, 0.2) is 0 Å². The molecule has 3 heterocycles. The molecular weight excluding hydrogens is 316 g/mol. The molecule has 1 aliphatic heterocycles. The highest BCUT2D eigenvalue weighted by Gasteiger charge is 2.21. The summed E-state index contributed by atoms with van der Waals surface area (Å²) < 4.78 is 1.87. The van der Waals surface area contributed by atoms with Crippen LogP contribution in [0.3, 0.4) is 0 Å². The van der Waals surface area contributed by atoms with Crippen LogP contribution in [0, 0.1) is 19.8 Å². The van der Waals surface area contributed by atoms with Gasteiger partial charge in [-0.25, -0.2) is 9.97 Å². The fraction of sp³-hybridized carbons (Fsp3) is 0.556. The number of hydrogen-bond acceptors (Lipinski definition) is 5. The number of aromatic nitrogens is 4. The molecule has 1 amide bonds. The largest absolute Gasteiger partial charge is 0.354 e. The van der Waals surface area contributed by atoms with Crippen LogP contribution < -0.4 is 5.32 Å². The van der Waals surface area contributed by atoms with E-state index in [9.17, 15) is 4.79 Å². The Balaban J connectivity index is 1.69. The number of hydrogen-bond donors (Lipinski definition) is 1. The average Bonchev–Trinajstić information content (AvgIpc) is 2.86. The van der Waals surface area contributed by atoms with Crippen molar-refractivity contribution in [2.24, 2.45) is 13.0 Å². The van der Waals surface area contributed by atoms with Crippen molar-refractivity contribution in [1.29, 1.82) is 0 Å². The number of rotatable bonds is 4. The fourth-order valence-electron chi connectivity index (χ4n) is 3.48. The molecule has 1 unspecified atom stereocenters. The summed E-state index contributed by atoms with van der Waals surface area (Å²) in [5.74, 6) is 1.22. The molecule has 0 aliphatic carbocycles. The lowest BCUT2D eigenvalue weighted by Gasteiger charge is -2.32. The molecule has 0 spiro atoms. The van der Waals surface area contributed by atoms with E-state index in [1.807, 2.05) is 36.5 Å². The maximum Gasteiger partial charge on any atom is 0.223 e. The van der Waals surface area contributed by atoms with Gasteiger partial charge >= 0.3 is 0 Å². The van der Waals surface area contributed by atoms with Gasteiger partial charge in [0.25, 0.3) is 0 Å². The van der Waals surface area contributed by atoms with Crippen molar-refractivity contribution >= 4 is 11.9 Å². The Morgan fingerprint density at radius 2 is 2.20 bits per heavy atom. The van der Waals surface area contributed by atoms with E-state index in [0.29, 0.717) is 11.9 Å². The van der Waals surface area contributed by atoms with E-state index in [0.717, 1.165) is 55.1 Å². The number of piperidine rings is 1. The molecule has 25 heavy (non-hydrogen) atoms. The molecule has 1 atom stereocenters. The first-order valence-corrected chi connectivity index (χ1v) is 8.78. The highest BCUT2D eigenvalue weighted by molar-refractivity contribution is 5.73. The summed E-state index contributed by atoms with van der Waals surface area (Å²) in [5, 5.41) is 7.80. The second-order valence-corrected chi connectivity index (χ2v) is 6.79. The maximum atomic E-state index is 11.6. The first-order chi connectivity index (χ1) is 12.0. The van der Waals surface area contributed by atoms with E-state index in [1.54, 1.807) is 13.1 Å². The number of nitrogens with zero attached hydrogens (tertiary/aromatic N) is 5. The van der Waals surface area contributed by atoms with E-state index in [-0.39, 0.29) is 5.91 Å². The molecule has 0 bridgehead atoms. The molecule has 7 heteroatoms. The lowest BCUT2D eigenvalue weighted by atomic mass is 9.98. The molecule has 134 valence electrons. The highest BCUT2D eigenvalue weighted by atomic mass is 16.2. The van der Waals surface area contributed by atoms with Gasteiger partial charge in [-0.2, -0.15) is 5.10 Å². The van der Waals surface area contributed by atoms with Crippen LogP contribution >= 0.6 is 0 Å². The molecule has 0 aromatic carbocycles. The van der Waals surface area contributed by atoms with Crippen molar-refractivity contribution in [3.05, 3.63) is 23.7 Å². The second-order valence-electron chi connectivity index (χ2n) is 6.79. The number of amides is 1. The summed E-state index contributed by atoms with van der Waals surface area (Å²) in [6, 6.07) is 1.92. The van der Waals surface area contributed by atoms with Gasteiger partial charge in [-0.15, -0.1) is 0 Å². The first-order valence-electron chi connectivity index (χ1n) is 8.78. The molecule has 0 saturated carbocycles. The van der Waals surface area contributed by atoms with Crippen LogP contribution in [0.1, 0.15) is 31.2 Å². The normalized spacial score (nSPS) is 17.6. The average molecular weight is 342 g/mol. The van der Waals surface area contributed by atoms with Crippen LogP contribution in [0.4, 0.5) is 5.95 Å². The van der Waals surface area contributed by atoms with Crippen molar-refractivity contribution in [3.8, 4) is 11.3 Å². The van der Waals surface area contributed by atoms with Gasteiger partial charge in [-0.05, 0) is 38.7 Å². The minimum atomic E-state index is 0.158. The summed E-state index contributed by atoms with van der Waals surface area (Å²) in [7, 11) is 1.94. The number of aryl methyl sites for hydroxylation is 2. The van der Waals surface area contributed by atoms with Crippen LogP contribution in [-0.4, -0.2) is 50.2 Å². The molecule has 0 radical (unpaired) electrons. The van der Waals surface area contributed by atoms with Crippen molar-refractivity contribution in [1.82, 2.24) is 24.6 Å². The Hall–Kier alpha value is -2.44. The van der Waals surface area contributed by atoms with Crippen LogP contribution in [0.5, 0.6) is 0 Å². The zero-order valence-electron chi connectivity index (χ0n) is 15.4. The van der Waals surface area contributed by atoms with Gasteiger partial charge in [-0.3, -0.25) is 9.48 Å². The zero-order valence-corrected chi connectivity index (χ0v) is 15.4. The summed E-state index contributed by atoms with van der Waals surface area (Å²) in [6.07, 6.45) is 3.96. The monoisotopic (exact) mass is 342 g/mol. The van der Waals surface area contributed by atoms with Gasteiger partial charge < -0.3 is 10.2 Å². The summed E-state index contributed by atoms with van der Waals surface area (Å²) in [6.45, 7) is 8.14. The predicted octanol–water partition coefficient (Wildman–Crippen LogP) is 2.16. The standard InChI is InChI=1S/C18H26N6O/c1-12-17(13(2)23(4)22-12)16-7-8-19-18(21-16)20-10-15-6-5-9-24(11-15)14(3)25/h7-8,15H,5-6,9-11H2,1-4H3,(H,19,20,21). The van der Waals surface area contributed by atoms with Crippen molar-refractivity contribution in [3.63, 3.8) is 0 Å². The Labute approximate surface area is 148 Å². The van der Waals surface area contributed by atoms with Gasteiger partial charge in [-0.1, -0.05) is 0 Å². The smallest absolute Gasteiger partial charge is 0.223 e. The first kappa shape index (κ1) is 17.4. The van der Waals surface area contributed by atoms with Gasteiger partial charge in [0.05, 0.1) is 11.4 Å². The lowest BCUT2D eigenvalue weighted by molar-refractivity contribution is -0.130. The number of carbonyl (C=O) groups excluding carboxylic acids is 1. The second kappa shape index (κ2) is 7.21. The van der Waals surface area contributed by atoms with E-state index < -0.39 is 0 Å². The SMILES string of the molecule is CC(=O)N1CCCC(CNc2nccc(-c3c(C)nn(C)c3C)n2)C1. The summed E-state index contributed by atoms with van der Waals surface area (Å²) in [4.78, 5) is 22.5. The summed E-state index contributed by atoms with van der Waals surface area (Å²) >= 11 is 0. The van der Waals surface area contributed by atoms with Crippen LogP contribution in [-0.2, 0) is 11.8 Å². The quantitative estimate of drug-likeness (QED) is 0.921. The molecule has 2 aromatic heterocycles. The molecule has 3 rings (SSSR count). The Morgan fingerprint density at radius 1 is 1.40 bits per heavy atom. The molecule has 1 N–H and O–H groups in total. The number of nitrogens with one attached hydrogen (secondary N) is 1. The molecule has 2 aromatic rings. The van der Waals surface area contributed by atoms with E-state index in [1.165, 1.54) is 0 Å². The Kier molecular flexibility index (Phi) is 5.01. The Morgan fingerprint density at radius 3 is 2.88 bits per heavy atom. The predicted molar refractivity (Wildman–Crippen MR) is 97.2 cm³/mol. The fourth-order valence-corrected chi connectivity index (χ4v) is 3.48. The lowest BCUT2D eigenvalue weighted by Crippen LogP contribution is -2.40. The molecular formula is C18H26N6O. The molecule has 7 nitrogen and oxygen atoms in total. The highest BCUT2D eigenvalue weighted by Crippen LogP contribution is 2.25. The minimum absolute atomic E-state index is 0.158. The van der Waals surface area contributed by atoms with Crippen LogP contribution in [0.2, 0.25) is 0 Å². The third-order valence-corrected chi connectivity index (χ3v) is 4.93. The summed E-state index contributed by atoms with van der Waals surface area (Å²) in [5.41, 5.74) is 4.00. The van der Waals surface area contributed by atoms with Gasteiger partial charge in [0.1, 0.15) is 0 Å². The van der Waals surface area contributed by atoms with Crippen molar-refractivity contribution < 1.29 is 4.79 Å².